The highest BCUT2D eigenvalue weighted by Gasteiger charge is 2.51. The minimum atomic E-state index is -0.853. The molecule has 4 bridgehead atoms. The predicted molar refractivity (Wildman–Crippen MR) is 131 cm³/mol. The van der Waals surface area contributed by atoms with E-state index in [1.807, 2.05) is 42.5 Å². The van der Waals surface area contributed by atoms with Crippen LogP contribution < -0.4 is 5.32 Å². The minimum absolute atomic E-state index is 0.0591. The van der Waals surface area contributed by atoms with E-state index in [1.54, 1.807) is 0 Å². The summed E-state index contributed by atoms with van der Waals surface area (Å²) in [5, 5.41) is 2.92. The van der Waals surface area contributed by atoms with Gasteiger partial charge in [-0.2, -0.15) is 0 Å². The Hall–Kier alpha value is -3.15. The summed E-state index contributed by atoms with van der Waals surface area (Å²) >= 11 is 0. The molecule has 0 radical (unpaired) electrons. The molecule has 35 heavy (non-hydrogen) atoms. The van der Waals surface area contributed by atoms with Crippen LogP contribution in [0, 0.1) is 17.8 Å². The van der Waals surface area contributed by atoms with E-state index in [-0.39, 0.29) is 24.8 Å². The lowest BCUT2D eigenvalue weighted by atomic mass is 9.48. The van der Waals surface area contributed by atoms with Gasteiger partial charge in [0.25, 0.3) is 0 Å². The van der Waals surface area contributed by atoms with Crippen LogP contribution in [0.4, 0.5) is 10.5 Å². The second-order valence-electron chi connectivity index (χ2n) is 11.1. The number of benzene rings is 2. The van der Waals surface area contributed by atoms with Crippen molar-refractivity contribution >= 4 is 23.6 Å². The Kier molecular flexibility index (Phi) is 5.62. The van der Waals surface area contributed by atoms with Gasteiger partial charge in [0.2, 0.25) is 11.8 Å². The van der Waals surface area contributed by atoms with Crippen molar-refractivity contribution in [2.75, 3.05) is 5.32 Å². The number of hydrogen-bond donors (Lipinski definition) is 1. The third kappa shape index (κ3) is 4.24. The van der Waals surface area contributed by atoms with E-state index in [1.165, 1.54) is 44.1 Å². The van der Waals surface area contributed by atoms with Crippen molar-refractivity contribution < 1.29 is 19.1 Å². The Labute approximate surface area is 206 Å². The normalized spacial score (nSPS) is 31.0. The lowest BCUT2D eigenvalue weighted by Gasteiger charge is -2.57. The summed E-state index contributed by atoms with van der Waals surface area (Å²) in [4.78, 5) is 39.1. The molecule has 0 spiro atoms. The maximum absolute atomic E-state index is 13.0. The molecule has 7 rings (SSSR count). The van der Waals surface area contributed by atoms with Gasteiger partial charge in [0.15, 0.2) is 0 Å². The zero-order valence-corrected chi connectivity index (χ0v) is 19.9. The molecule has 2 aromatic carbocycles. The van der Waals surface area contributed by atoms with Crippen molar-refractivity contribution in [2.45, 2.75) is 69.4 Å². The van der Waals surface area contributed by atoms with Gasteiger partial charge in [-0.3, -0.25) is 9.59 Å². The molecule has 1 heterocycles. The zero-order valence-electron chi connectivity index (χ0n) is 19.9. The van der Waals surface area contributed by atoms with Gasteiger partial charge in [0.05, 0.1) is 0 Å². The number of hydrogen-bond acceptors (Lipinski definition) is 4. The molecule has 3 amide bonds. The van der Waals surface area contributed by atoms with Crippen molar-refractivity contribution in [3.8, 4) is 0 Å². The molecule has 1 saturated heterocycles. The van der Waals surface area contributed by atoms with Gasteiger partial charge in [0.1, 0.15) is 12.6 Å². The maximum atomic E-state index is 13.0. The van der Waals surface area contributed by atoms with E-state index >= 15 is 0 Å². The Morgan fingerprint density at radius 1 is 0.914 bits per heavy atom. The number of amides is 3. The van der Waals surface area contributed by atoms with E-state index in [0.29, 0.717) is 17.5 Å². The summed E-state index contributed by atoms with van der Waals surface area (Å²) < 4.78 is 5.33. The predicted octanol–water partition coefficient (Wildman–Crippen LogP) is 5.42. The van der Waals surface area contributed by atoms with E-state index in [4.69, 9.17) is 4.74 Å². The number of nitrogens with zero attached hydrogens (tertiary/aromatic N) is 1. The van der Waals surface area contributed by atoms with Crippen LogP contribution in [0.5, 0.6) is 0 Å². The molecule has 2 aromatic rings. The monoisotopic (exact) mass is 472 g/mol. The van der Waals surface area contributed by atoms with E-state index in [2.05, 4.69) is 17.4 Å². The van der Waals surface area contributed by atoms with E-state index < -0.39 is 12.1 Å². The summed E-state index contributed by atoms with van der Waals surface area (Å²) in [5.74, 6) is 1.92. The van der Waals surface area contributed by atoms with Gasteiger partial charge in [-0.15, -0.1) is 0 Å². The lowest BCUT2D eigenvalue weighted by molar-refractivity contribution is -0.131. The molecule has 6 heteroatoms. The molecule has 0 aromatic heterocycles. The summed E-state index contributed by atoms with van der Waals surface area (Å²) in [6.45, 7) is 0.0591. The molecular weight excluding hydrogens is 440 g/mol. The van der Waals surface area contributed by atoms with Gasteiger partial charge in [-0.05, 0) is 91.4 Å². The first-order valence-electron chi connectivity index (χ1n) is 12.9. The second-order valence-corrected chi connectivity index (χ2v) is 11.1. The summed E-state index contributed by atoms with van der Waals surface area (Å²) in [5.41, 5.74) is 3.24. The number of carbonyl (C=O) groups excluding carboxylic acids is 3. The first-order valence-corrected chi connectivity index (χ1v) is 12.9. The van der Waals surface area contributed by atoms with Gasteiger partial charge in [-0.1, -0.05) is 42.5 Å². The number of likely N-dealkylation sites (tertiary alicyclic amines) is 1. The molecule has 1 N–H and O–H groups in total. The second kappa shape index (κ2) is 8.81. The first-order chi connectivity index (χ1) is 17.0. The summed E-state index contributed by atoms with van der Waals surface area (Å²) in [6.07, 6.45) is 7.83. The molecular formula is C29H32N2O4. The molecule has 6 nitrogen and oxygen atoms in total. The molecule has 1 aliphatic heterocycles. The Morgan fingerprint density at radius 3 is 2.17 bits per heavy atom. The van der Waals surface area contributed by atoms with Crippen LogP contribution in [-0.4, -0.2) is 28.8 Å². The third-order valence-electron chi connectivity index (χ3n) is 8.72. The summed E-state index contributed by atoms with van der Waals surface area (Å²) in [6, 6.07) is 16.7. The average molecular weight is 473 g/mol. The smallest absolute Gasteiger partial charge is 0.417 e. The largest absolute Gasteiger partial charge is 0.444 e. The standard InChI is InChI=1S/C29H32N2O4/c32-26-11-10-25(31(26)28(34)35-18-19-4-2-1-3-5-19)27(33)30-24-8-6-23(7-9-24)29-15-20-12-21(16-29)14-22(13-20)17-29/h1-9,20-22,25H,10-18H2,(H,30,33)/t20?,21?,22?,25-,29?/m0/s1. The van der Waals surface area contributed by atoms with Gasteiger partial charge < -0.3 is 10.1 Å². The van der Waals surface area contributed by atoms with Crippen LogP contribution in [0.2, 0.25) is 0 Å². The van der Waals surface area contributed by atoms with Crippen molar-refractivity contribution in [3.05, 3.63) is 65.7 Å². The first kappa shape index (κ1) is 22.3. The van der Waals surface area contributed by atoms with Crippen LogP contribution in [0.25, 0.3) is 0 Å². The fraction of sp³-hybridized carbons (Fsp3) is 0.483. The van der Waals surface area contributed by atoms with Gasteiger partial charge in [-0.25, -0.2) is 9.69 Å². The Morgan fingerprint density at radius 2 is 1.54 bits per heavy atom. The topological polar surface area (TPSA) is 75.7 Å². The van der Waals surface area contributed by atoms with Crippen LogP contribution in [-0.2, 0) is 26.3 Å². The van der Waals surface area contributed by atoms with E-state index in [0.717, 1.165) is 28.2 Å². The Balaban J connectivity index is 1.10. The number of nitrogens with one attached hydrogen (secondary N) is 1. The van der Waals surface area contributed by atoms with E-state index in [9.17, 15) is 14.4 Å². The molecule has 0 unspecified atom stereocenters. The fourth-order valence-corrected chi connectivity index (χ4v) is 7.55. The van der Waals surface area contributed by atoms with Crippen LogP contribution in [0.15, 0.2) is 54.6 Å². The minimum Gasteiger partial charge on any atom is -0.444 e. The number of anilines is 1. The highest BCUT2D eigenvalue weighted by molar-refractivity contribution is 6.04. The average Bonchev–Trinajstić information content (AvgIpc) is 3.24. The van der Waals surface area contributed by atoms with Crippen molar-refractivity contribution in [1.29, 1.82) is 0 Å². The highest BCUT2D eigenvalue weighted by Crippen LogP contribution is 2.60. The third-order valence-corrected chi connectivity index (χ3v) is 8.72. The number of ether oxygens (including phenoxy) is 1. The molecule has 5 fully saturated rings. The summed E-state index contributed by atoms with van der Waals surface area (Å²) in [7, 11) is 0. The lowest BCUT2D eigenvalue weighted by Crippen LogP contribution is -2.48. The van der Waals surface area contributed by atoms with Crippen LogP contribution >= 0.6 is 0 Å². The molecule has 182 valence electrons. The highest BCUT2D eigenvalue weighted by atomic mass is 16.6. The SMILES string of the molecule is O=C(Nc1ccc(C23CC4CC(CC(C4)C2)C3)cc1)[C@@H]1CCC(=O)N1C(=O)OCc1ccccc1. The number of carbonyl (C=O) groups is 3. The van der Waals surface area contributed by atoms with Crippen molar-refractivity contribution in [1.82, 2.24) is 4.90 Å². The zero-order chi connectivity index (χ0) is 24.0. The Bertz CT molecular complexity index is 1090. The van der Waals surface area contributed by atoms with Gasteiger partial charge in [0, 0.05) is 12.1 Å². The molecule has 5 aliphatic rings. The molecule has 4 saturated carbocycles. The van der Waals surface area contributed by atoms with Crippen LogP contribution in [0.1, 0.15) is 62.5 Å². The maximum Gasteiger partial charge on any atom is 0.417 e. The van der Waals surface area contributed by atoms with Crippen molar-refractivity contribution in [3.63, 3.8) is 0 Å². The molecule has 1 atom stereocenters. The fourth-order valence-electron chi connectivity index (χ4n) is 7.55. The van der Waals surface area contributed by atoms with Crippen LogP contribution in [0.3, 0.4) is 0 Å². The number of rotatable bonds is 5. The molecule has 4 aliphatic carbocycles. The quantitative estimate of drug-likeness (QED) is 0.630. The number of imide groups is 1. The van der Waals surface area contributed by atoms with Crippen molar-refractivity contribution in [2.24, 2.45) is 17.8 Å². The van der Waals surface area contributed by atoms with Gasteiger partial charge >= 0.3 is 6.09 Å².